The first-order valence-electron chi connectivity index (χ1n) is 24.3. The van der Waals surface area contributed by atoms with E-state index in [0.29, 0.717) is 19.3 Å². The Morgan fingerprint density at radius 3 is 1.42 bits per heavy atom. The third kappa shape index (κ3) is 40.4. The molecule has 0 radical (unpaired) electrons. The number of hydrogen-bond acceptors (Lipinski definition) is 6. The van der Waals surface area contributed by atoms with Gasteiger partial charge in [-0.2, -0.15) is 0 Å². The first-order valence-corrected chi connectivity index (χ1v) is 24.3. The number of carbonyl (C=O) groups is 3. The number of esters is 2. The number of carbonyl (C=O) groups excluding carboxylic acids is 2. The molecule has 346 valence electrons. The molecule has 0 amide bonds. The van der Waals surface area contributed by atoms with Gasteiger partial charge in [-0.05, 0) is 77.0 Å². The van der Waals surface area contributed by atoms with Crippen LogP contribution in [0.2, 0.25) is 0 Å². The fraction of sp³-hybridized carbons (Fsp3) is 0.750. The normalized spacial score (nSPS) is 13.4. The van der Waals surface area contributed by atoms with Crippen molar-refractivity contribution in [1.29, 1.82) is 0 Å². The summed E-state index contributed by atoms with van der Waals surface area (Å²) in [5, 5.41) is 9.63. The zero-order chi connectivity index (χ0) is 44.2. The van der Waals surface area contributed by atoms with Gasteiger partial charge in [-0.1, -0.05) is 164 Å². The number of ether oxygens (including phenoxy) is 3. The molecule has 2 atom stereocenters. The van der Waals surface area contributed by atoms with Crippen molar-refractivity contribution in [2.75, 3.05) is 41.0 Å². The number of allylic oxidation sites excluding steroid dienone is 10. The van der Waals surface area contributed by atoms with E-state index >= 15 is 0 Å². The van der Waals surface area contributed by atoms with Crippen molar-refractivity contribution >= 4 is 17.9 Å². The van der Waals surface area contributed by atoms with E-state index in [9.17, 15) is 19.5 Å². The number of unbranched alkanes of at least 4 members (excludes halogenated alkanes) is 19. The average Bonchev–Trinajstić information content (AvgIpc) is 3.21. The largest absolute Gasteiger partial charge is 0.477 e. The molecule has 8 nitrogen and oxygen atoms in total. The number of rotatable bonds is 43. The monoisotopic (exact) mass is 843 g/mol. The lowest BCUT2D eigenvalue weighted by atomic mass is 10.1. The van der Waals surface area contributed by atoms with Gasteiger partial charge in [-0.15, -0.1) is 0 Å². The Bertz CT molecular complexity index is 1170. The van der Waals surface area contributed by atoms with Crippen molar-refractivity contribution in [1.82, 2.24) is 0 Å². The second-order valence-electron chi connectivity index (χ2n) is 17.3. The van der Waals surface area contributed by atoms with E-state index in [2.05, 4.69) is 74.6 Å². The number of likely N-dealkylation sites (N-methyl/N-ethyl adjacent to an activating group) is 1. The van der Waals surface area contributed by atoms with Gasteiger partial charge in [0.05, 0.1) is 34.4 Å². The first kappa shape index (κ1) is 57.0. The lowest BCUT2D eigenvalue weighted by Gasteiger charge is -2.31. The summed E-state index contributed by atoms with van der Waals surface area (Å²) in [6, 6.07) is -0.619. The fourth-order valence-corrected chi connectivity index (χ4v) is 6.90. The topological polar surface area (TPSA) is 99.1 Å². The number of aliphatic carboxylic acids is 1. The van der Waals surface area contributed by atoms with Crippen molar-refractivity contribution in [2.24, 2.45) is 0 Å². The van der Waals surface area contributed by atoms with Crippen LogP contribution in [0.15, 0.2) is 60.8 Å². The summed E-state index contributed by atoms with van der Waals surface area (Å²) < 4.78 is 17.3. The molecule has 0 saturated carbocycles. The van der Waals surface area contributed by atoms with Gasteiger partial charge in [0.2, 0.25) is 0 Å². The van der Waals surface area contributed by atoms with Gasteiger partial charge in [-0.25, -0.2) is 4.79 Å². The highest BCUT2D eigenvalue weighted by atomic mass is 16.6. The molecule has 0 spiro atoms. The van der Waals surface area contributed by atoms with Crippen molar-refractivity contribution in [3.63, 3.8) is 0 Å². The van der Waals surface area contributed by atoms with Gasteiger partial charge < -0.3 is 23.8 Å². The van der Waals surface area contributed by atoms with Gasteiger partial charge in [0, 0.05) is 19.3 Å². The molecule has 0 aliphatic carbocycles. The molecule has 0 fully saturated rings. The van der Waals surface area contributed by atoms with Crippen molar-refractivity contribution in [3.8, 4) is 0 Å². The standard InChI is InChI=1S/C52H91NO7/c1-6-8-10-12-14-16-18-20-21-22-23-24-25-26-27-28-29-31-32-34-36-38-40-42-50(54)59-47-48(46-58-45-44-49(52(56)57)53(3,4)5)60-51(55)43-41-39-37-35-33-30-19-17-15-13-11-9-7-2/h8,10,14,16,20-21,23-24,30,33,48-49H,6-7,9,11-13,15,17-19,22,25-29,31-32,34-47H2,1-5H3/p+1/b10-8+,16-14+,21-20+,24-23+,33-30+. The summed E-state index contributed by atoms with van der Waals surface area (Å²) in [4.78, 5) is 37.1. The lowest BCUT2D eigenvalue weighted by molar-refractivity contribution is -0.887. The van der Waals surface area contributed by atoms with Crippen molar-refractivity contribution in [2.45, 2.75) is 212 Å². The van der Waals surface area contributed by atoms with Gasteiger partial charge in [0.1, 0.15) is 6.61 Å². The van der Waals surface area contributed by atoms with Crippen LogP contribution in [0.5, 0.6) is 0 Å². The summed E-state index contributed by atoms with van der Waals surface area (Å²) in [5.74, 6) is -1.49. The number of carboxylic acids is 1. The highest BCUT2D eigenvalue weighted by Crippen LogP contribution is 2.14. The molecule has 0 bridgehead atoms. The maximum Gasteiger partial charge on any atom is 0.362 e. The molecule has 0 aliphatic heterocycles. The highest BCUT2D eigenvalue weighted by molar-refractivity contribution is 5.72. The second-order valence-corrected chi connectivity index (χ2v) is 17.3. The molecule has 0 aliphatic rings. The van der Waals surface area contributed by atoms with Crippen LogP contribution in [0, 0.1) is 0 Å². The summed E-state index contributed by atoms with van der Waals surface area (Å²) in [6.45, 7) is 4.60. The van der Waals surface area contributed by atoms with Gasteiger partial charge >= 0.3 is 17.9 Å². The molecular weight excluding hydrogens is 751 g/mol. The molecule has 60 heavy (non-hydrogen) atoms. The fourth-order valence-electron chi connectivity index (χ4n) is 6.90. The quantitative estimate of drug-likeness (QED) is 0.0282. The maximum atomic E-state index is 12.7. The van der Waals surface area contributed by atoms with Crippen LogP contribution in [-0.4, -0.2) is 80.6 Å². The third-order valence-electron chi connectivity index (χ3n) is 10.7. The number of quaternary nitrogens is 1. The summed E-state index contributed by atoms with van der Waals surface area (Å²) in [6.07, 6.45) is 52.7. The van der Waals surface area contributed by atoms with Crippen LogP contribution in [0.1, 0.15) is 200 Å². The van der Waals surface area contributed by atoms with Crippen LogP contribution in [0.3, 0.4) is 0 Å². The van der Waals surface area contributed by atoms with E-state index in [1.165, 1.54) is 89.9 Å². The molecule has 0 rings (SSSR count). The van der Waals surface area contributed by atoms with E-state index < -0.39 is 18.1 Å². The minimum Gasteiger partial charge on any atom is -0.477 e. The third-order valence-corrected chi connectivity index (χ3v) is 10.7. The SMILES string of the molecule is CC/C=C/C/C=C/C/C=C/C/C=C/CCCCCCCCCCCCC(=O)OCC(COCCC(C(=O)O)[N+](C)(C)C)OC(=O)CCCCC/C=C/CCCCCCCC. The Labute approximate surface area is 368 Å². The lowest BCUT2D eigenvalue weighted by Crippen LogP contribution is -2.50. The van der Waals surface area contributed by atoms with Crippen molar-refractivity contribution < 1.29 is 38.2 Å². The molecule has 1 N–H and O–H groups in total. The minimum atomic E-state index is -0.879. The molecule has 2 unspecified atom stereocenters. The summed E-state index contributed by atoms with van der Waals surface area (Å²) >= 11 is 0. The number of carboxylic acid groups (broad SMARTS) is 1. The van der Waals surface area contributed by atoms with Gasteiger partial charge in [-0.3, -0.25) is 9.59 Å². The highest BCUT2D eigenvalue weighted by Gasteiger charge is 2.31. The maximum absolute atomic E-state index is 12.7. The van der Waals surface area contributed by atoms with E-state index in [1.807, 2.05) is 21.1 Å². The average molecular weight is 843 g/mol. The molecule has 8 heteroatoms. The van der Waals surface area contributed by atoms with Crippen LogP contribution in [-0.2, 0) is 28.6 Å². The van der Waals surface area contributed by atoms with Crippen LogP contribution in [0.25, 0.3) is 0 Å². The number of nitrogens with zero attached hydrogens (tertiary/aromatic N) is 1. The minimum absolute atomic E-state index is 0.0528. The Balaban J connectivity index is 4.24. The predicted octanol–water partition coefficient (Wildman–Crippen LogP) is 13.8. The molecule has 0 heterocycles. The molecule has 0 aromatic heterocycles. The van der Waals surface area contributed by atoms with Crippen LogP contribution < -0.4 is 0 Å². The Hall–Kier alpha value is -2.97. The molecule has 0 saturated heterocycles. The summed E-state index contributed by atoms with van der Waals surface area (Å²) in [5.41, 5.74) is 0. The molecule has 0 aromatic carbocycles. The Kier molecular flexibility index (Phi) is 40.6. The Morgan fingerprint density at radius 2 is 0.933 bits per heavy atom. The van der Waals surface area contributed by atoms with Gasteiger partial charge in [0.15, 0.2) is 12.1 Å². The van der Waals surface area contributed by atoms with E-state index in [1.54, 1.807) is 0 Å². The number of hydrogen-bond donors (Lipinski definition) is 1. The van der Waals surface area contributed by atoms with E-state index in [4.69, 9.17) is 14.2 Å². The first-order chi connectivity index (χ1) is 29.1. The molecular formula is C52H92NO7+. The van der Waals surface area contributed by atoms with Crippen LogP contribution in [0.4, 0.5) is 0 Å². The zero-order valence-electron chi connectivity index (χ0n) is 39.4. The van der Waals surface area contributed by atoms with E-state index in [-0.39, 0.29) is 36.2 Å². The van der Waals surface area contributed by atoms with Gasteiger partial charge in [0.25, 0.3) is 0 Å². The molecule has 0 aromatic rings. The van der Waals surface area contributed by atoms with E-state index in [0.717, 1.165) is 77.0 Å². The smallest absolute Gasteiger partial charge is 0.362 e. The zero-order valence-corrected chi connectivity index (χ0v) is 39.4. The van der Waals surface area contributed by atoms with Crippen LogP contribution >= 0.6 is 0 Å². The predicted molar refractivity (Wildman–Crippen MR) is 252 cm³/mol. The van der Waals surface area contributed by atoms with Crippen molar-refractivity contribution in [3.05, 3.63) is 60.8 Å². The Morgan fingerprint density at radius 1 is 0.517 bits per heavy atom. The second kappa shape index (κ2) is 42.7. The summed E-state index contributed by atoms with van der Waals surface area (Å²) in [7, 11) is 5.52.